The van der Waals surface area contributed by atoms with Crippen LogP contribution in [-0.2, 0) is 8.88 Å². The second-order valence-electron chi connectivity index (χ2n) is 1.56. The molecule has 4 nitrogen and oxygen atoms in total. The highest BCUT2D eigenvalue weighted by atomic mass is 31.2. The maximum atomic E-state index is 9.97. The summed E-state index contributed by atoms with van der Waals surface area (Å²) in [5.41, 5.74) is 0. The number of hydrogen-bond donors (Lipinski definition) is 1. The zero-order chi connectivity index (χ0) is 7.49. The van der Waals surface area contributed by atoms with Crippen LogP contribution in [0.3, 0.4) is 0 Å². The van der Waals surface area contributed by atoms with Crippen molar-refractivity contribution in [2.75, 3.05) is 6.66 Å². The van der Waals surface area contributed by atoms with Crippen molar-refractivity contribution in [3.63, 3.8) is 0 Å². The van der Waals surface area contributed by atoms with Crippen LogP contribution >= 0.6 is 15.4 Å². The van der Waals surface area contributed by atoms with E-state index in [9.17, 15) is 4.57 Å². The van der Waals surface area contributed by atoms with Gasteiger partial charge in [0.1, 0.15) is 12.9 Å². The second kappa shape index (κ2) is 3.20. The van der Waals surface area contributed by atoms with Gasteiger partial charge in [0.2, 0.25) is 0 Å². The minimum absolute atomic E-state index is 1.42. The highest BCUT2D eigenvalue weighted by Gasteiger charge is 2.07. The van der Waals surface area contributed by atoms with Crippen molar-refractivity contribution in [2.45, 2.75) is 0 Å². The monoisotopic (exact) mass is 167 g/mol. The van der Waals surface area contributed by atoms with Crippen molar-refractivity contribution in [3.05, 3.63) is 0 Å². The molecule has 0 bridgehead atoms. The Kier molecular flexibility index (Phi) is 3.17. The molecule has 0 aromatic rings. The number of nitriles is 1. The minimum Gasteiger partial charge on any atom is -0.326 e. The highest BCUT2D eigenvalue weighted by Crippen LogP contribution is 2.48. The molecule has 0 saturated carbocycles. The van der Waals surface area contributed by atoms with Crippen LogP contribution in [-0.4, -0.2) is 17.9 Å². The van der Waals surface area contributed by atoms with Crippen molar-refractivity contribution in [2.24, 2.45) is 0 Å². The average molecular weight is 167 g/mol. The van der Waals surface area contributed by atoms with E-state index in [4.69, 9.17) is 10.2 Å². The molecule has 2 atom stereocenters. The minimum atomic E-state index is -2.99. The number of rotatable bonds is 2. The molecule has 0 aromatic heterocycles. The maximum Gasteiger partial charge on any atom is 0.320 e. The van der Waals surface area contributed by atoms with Gasteiger partial charge in [0, 0.05) is 0 Å². The van der Waals surface area contributed by atoms with E-state index in [0.717, 1.165) is 0 Å². The first-order chi connectivity index (χ1) is 3.98. The van der Waals surface area contributed by atoms with Crippen LogP contribution in [0.2, 0.25) is 0 Å². The summed E-state index contributed by atoms with van der Waals surface area (Å²) in [6.07, 6.45) is 3.32. The predicted molar refractivity (Wildman–Crippen MR) is 37.9 cm³/mol. The summed E-state index contributed by atoms with van der Waals surface area (Å²) in [5.74, 6) is 1.72. The lowest BCUT2D eigenvalue weighted by Gasteiger charge is -2.05. The Bertz CT molecular complexity index is 206. The summed E-state index contributed by atoms with van der Waals surface area (Å²) in [6, 6.07) is 0. The lowest BCUT2D eigenvalue weighted by atomic mass is 11.8. The Morgan fingerprint density at radius 2 is 2.44 bits per heavy atom. The van der Waals surface area contributed by atoms with E-state index in [1.165, 1.54) is 6.66 Å². The van der Waals surface area contributed by atoms with Crippen molar-refractivity contribution < 1.29 is 13.8 Å². The lowest BCUT2D eigenvalue weighted by Crippen LogP contribution is -1.74. The highest BCUT2D eigenvalue weighted by molar-refractivity contribution is 7.76. The molecule has 0 heterocycles. The van der Waals surface area contributed by atoms with Crippen LogP contribution in [0, 0.1) is 11.1 Å². The Labute approximate surface area is 54.1 Å². The molecule has 0 spiro atoms. The molecule has 0 amide bonds. The van der Waals surface area contributed by atoms with Gasteiger partial charge in [0.25, 0.3) is 0 Å². The van der Waals surface area contributed by atoms with Crippen LogP contribution in [0.25, 0.3) is 0 Å². The summed E-state index contributed by atoms with van der Waals surface area (Å²) in [5, 5.41) is 8.22. The normalized spacial score (nSPS) is 19.7. The van der Waals surface area contributed by atoms with Crippen LogP contribution in [0.5, 0.6) is 0 Å². The van der Waals surface area contributed by atoms with Gasteiger partial charge in [0.15, 0.2) is 0 Å². The van der Waals surface area contributed by atoms with E-state index in [-0.39, 0.29) is 0 Å². The quantitative estimate of drug-likeness (QED) is 0.619. The van der Waals surface area contributed by atoms with Gasteiger partial charge in [-0.25, -0.2) is 0 Å². The molecule has 9 heavy (non-hydrogen) atoms. The fraction of sp³-hybridized carbons (Fsp3) is 0.333. The summed E-state index contributed by atoms with van der Waals surface area (Å²) in [6.45, 7) is 1.42. The molecule has 6 heteroatoms. The van der Waals surface area contributed by atoms with E-state index in [0.29, 0.717) is 0 Å². The van der Waals surface area contributed by atoms with Crippen molar-refractivity contribution in [1.82, 2.24) is 0 Å². The third kappa shape index (κ3) is 4.44. The van der Waals surface area contributed by atoms with Crippen molar-refractivity contribution in [3.8, 4) is 5.81 Å². The standard InChI is InChI=1S/C3H7NO3P2/c1-9(2,3-4)7-8(5)6/h8H,1H2,2H3,(H,5,6). The van der Waals surface area contributed by atoms with E-state index >= 15 is 0 Å². The summed E-state index contributed by atoms with van der Waals surface area (Å²) in [4.78, 5) is 8.18. The third-order valence-corrected chi connectivity index (χ3v) is 3.15. The number of hydrogen-bond acceptors (Lipinski definition) is 3. The smallest absolute Gasteiger partial charge is 0.320 e. The summed E-state index contributed by atoms with van der Waals surface area (Å²) < 4.78 is 14.3. The first kappa shape index (κ1) is 8.94. The van der Waals surface area contributed by atoms with Gasteiger partial charge < -0.3 is 4.89 Å². The van der Waals surface area contributed by atoms with Gasteiger partial charge in [-0.2, -0.15) is 5.26 Å². The van der Waals surface area contributed by atoms with Gasteiger partial charge in [-0.15, -0.1) is 0 Å². The Morgan fingerprint density at radius 3 is 2.56 bits per heavy atom. The molecule has 0 aliphatic heterocycles. The molecular weight excluding hydrogens is 160 g/mol. The number of nitrogens with zero attached hydrogens (tertiary/aromatic N) is 1. The second-order valence-corrected chi connectivity index (χ2v) is 5.22. The average Bonchev–Trinajstić information content (AvgIpc) is 1.63. The molecule has 0 aliphatic carbocycles. The molecule has 52 valence electrons. The van der Waals surface area contributed by atoms with E-state index in [1.54, 1.807) is 5.81 Å². The fourth-order valence-electron chi connectivity index (χ4n) is 0.193. The van der Waals surface area contributed by atoms with Crippen molar-refractivity contribution >= 4 is 21.7 Å². The topological polar surface area (TPSA) is 70.3 Å². The van der Waals surface area contributed by atoms with Gasteiger partial charge in [-0.3, -0.25) is 8.88 Å². The molecule has 0 radical (unpaired) electrons. The molecular formula is C3H7NO3P2. The first-order valence-electron chi connectivity index (χ1n) is 2.03. The molecule has 0 aliphatic rings. The van der Waals surface area contributed by atoms with E-state index in [2.05, 4.69) is 10.6 Å². The SMILES string of the molecule is C=P(C)(C#N)O[PH](=O)O. The molecule has 2 unspecified atom stereocenters. The molecule has 0 aromatic carbocycles. The van der Waals surface area contributed by atoms with Crippen LogP contribution in [0.4, 0.5) is 0 Å². The van der Waals surface area contributed by atoms with Crippen LogP contribution in [0.1, 0.15) is 0 Å². The molecule has 0 fully saturated rings. The van der Waals surface area contributed by atoms with E-state index in [1.807, 2.05) is 0 Å². The van der Waals surface area contributed by atoms with E-state index < -0.39 is 15.4 Å². The molecule has 1 N–H and O–H groups in total. The maximum absolute atomic E-state index is 9.97. The van der Waals surface area contributed by atoms with Gasteiger partial charge in [-0.1, -0.05) is 6.30 Å². The molecule has 0 saturated heterocycles. The Balaban J connectivity index is 4.09. The molecule has 0 rings (SSSR count). The van der Waals surface area contributed by atoms with Crippen LogP contribution < -0.4 is 0 Å². The summed E-state index contributed by atoms with van der Waals surface area (Å²) >= 11 is 0. The Morgan fingerprint density at radius 1 is 2.00 bits per heavy atom. The van der Waals surface area contributed by atoms with Gasteiger partial charge >= 0.3 is 8.25 Å². The zero-order valence-electron chi connectivity index (χ0n) is 4.87. The fourth-order valence-corrected chi connectivity index (χ4v) is 1.73. The predicted octanol–water partition coefficient (Wildman–Crippen LogP) is 0.860. The largest absolute Gasteiger partial charge is 0.326 e. The van der Waals surface area contributed by atoms with Crippen LogP contribution in [0.15, 0.2) is 0 Å². The third-order valence-electron chi connectivity index (χ3n) is 0.491. The Hall–Kier alpha value is -0.0600. The summed E-state index contributed by atoms with van der Waals surface area (Å²) in [7, 11) is -5.43. The van der Waals surface area contributed by atoms with Gasteiger partial charge in [0.05, 0.1) is 0 Å². The first-order valence-corrected chi connectivity index (χ1v) is 5.63. The van der Waals surface area contributed by atoms with Gasteiger partial charge in [-0.05, 0) is 6.66 Å². The zero-order valence-corrected chi connectivity index (χ0v) is 6.76. The van der Waals surface area contributed by atoms with Crippen molar-refractivity contribution in [1.29, 1.82) is 5.26 Å². The lowest BCUT2D eigenvalue weighted by molar-refractivity contribution is 0.427.